The average Bonchev–Trinajstić information content (AvgIpc) is 2.99. The Hall–Kier alpha value is -2.86. The quantitative estimate of drug-likeness (QED) is 0.662. The van der Waals surface area contributed by atoms with Crippen LogP contribution in [0.2, 0.25) is 0 Å². The van der Waals surface area contributed by atoms with Gasteiger partial charge in [-0.2, -0.15) is 0 Å². The van der Waals surface area contributed by atoms with Gasteiger partial charge in [-0.05, 0) is 35.1 Å². The van der Waals surface area contributed by atoms with Gasteiger partial charge in [0.15, 0.2) is 0 Å². The number of hydrogen-bond donors (Lipinski definition) is 2. The molecule has 0 aliphatic heterocycles. The molecule has 1 aliphatic rings. The maximum absolute atomic E-state index is 12.0. The fourth-order valence-electron chi connectivity index (χ4n) is 3.33. The van der Waals surface area contributed by atoms with Crippen LogP contribution in [0.1, 0.15) is 29.9 Å². The van der Waals surface area contributed by atoms with E-state index in [4.69, 9.17) is 14.6 Å². The van der Waals surface area contributed by atoms with Crippen molar-refractivity contribution in [3.63, 3.8) is 0 Å². The number of unbranched alkanes of at least 4 members (excludes halogenated alkanes) is 1. The highest BCUT2D eigenvalue weighted by Crippen LogP contribution is 2.44. The van der Waals surface area contributed by atoms with Crippen LogP contribution in [0.5, 0.6) is 0 Å². The molecule has 6 nitrogen and oxygen atoms in total. The van der Waals surface area contributed by atoms with E-state index in [1.54, 1.807) is 0 Å². The Morgan fingerprint density at radius 3 is 2.22 bits per heavy atom. The predicted octanol–water partition coefficient (Wildman–Crippen LogP) is 3.41. The van der Waals surface area contributed by atoms with Gasteiger partial charge >= 0.3 is 12.1 Å². The van der Waals surface area contributed by atoms with Crippen molar-refractivity contribution in [2.75, 3.05) is 26.4 Å². The highest BCUT2D eigenvalue weighted by molar-refractivity contribution is 5.79. The number of fused-ring (bicyclic) bond motifs is 3. The van der Waals surface area contributed by atoms with Crippen molar-refractivity contribution >= 4 is 12.1 Å². The first kappa shape index (κ1) is 18.9. The molecule has 2 N–H and O–H groups in total. The standard InChI is InChI=1S/C21H23NO5/c23-20(24)14-26-12-6-5-11-22-21(25)27-13-19-17-9-3-1-7-15(17)16-8-2-4-10-18(16)19/h1-4,7-10,19H,5-6,11-14H2,(H,22,25)(H,23,24). The van der Waals surface area contributed by atoms with Gasteiger partial charge < -0.3 is 19.9 Å². The fourth-order valence-corrected chi connectivity index (χ4v) is 3.33. The van der Waals surface area contributed by atoms with Gasteiger partial charge in [0.25, 0.3) is 0 Å². The number of ether oxygens (including phenoxy) is 2. The van der Waals surface area contributed by atoms with Crippen LogP contribution in [0.4, 0.5) is 4.79 Å². The van der Waals surface area contributed by atoms with E-state index in [1.807, 2.05) is 24.3 Å². The summed E-state index contributed by atoms with van der Waals surface area (Å²) in [6, 6.07) is 16.4. The predicted molar refractivity (Wildman–Crippen MR) is 101 cm³/mol. The zero-order chi connectivity index (χ0) is 19.1. The summed E-state index contributed by atoms with van der Waals surface area (Å²) in [7, 11) is 0. The molecule has 1 amide bonds. The van der Waals surface area contributed by atoms with E-state index in [0.29, 0.717) is 32.6 Å². The molecule has 2 aromatic rings. The summed E-state index contributed by atoms with van der Waals surface area (Å²) >= 11 is 0. The molecule has 0 saturated carbocycles. The van der Waals surface area contributed by atoms with Crippen LogP contribution in [0.3, 0.4) is 0 Å². The van der Waals surface area contributed by atoms with Crippen molar-refractivity contribution in [1.29, 1.82) is 0 Å². The lowest BCUT2D eigenvalue weighted by Gasteiger charge is -2.14. The van der Waals surface area contributed by atoms with E-state index in [2.05, 4.69) is 29.6 Å². The first-order chi connectivity index (χ1) is 13.2. The second kappa shape index (κ2) is 9.19. The van der Waals surface area contributed by atoms with E-state index < -0.39 is 12.1 Å². The van der Waals surface area contributed by atoms with E-state index in [-0.39, 0.29) is 12.5 Å². The lowest BCUT2D eigenvalue weighted by Crippen LogP contribution is -2.27. The van der Waals surface area contributed by atoms with Crippen molar-refractivity contribution in [2.24, 2.45) is 0 Å². The largest absolute Gasteiger partial charge is 0.480 e. The smallest absolute Gasteiger partial charge is 0.407 e. The first-order valence-corrected chi connectivity index (χ1v) is 9.05. The zero-order valence-electron chi connectivity index (χ0n) is 15.0. The SMILES string of the molecule is O=C(O)COCCCCNC(=O)OCC1c2ccccc2-c2ccccc21. The van der Waals surface area contributed by atoms with E-state index in [9.17, 15) is 9.59 Å². The van der Waals surface area contributed by atoms with Gasteiger partial charge in [0.05, 0.1) is 0 Å². The van der Waals surface area contributed by atoms with Crippen molar-refractivity contribution in [3.05, 3.63) is 59.7 Å². The highest BCUT2D eigenvalue weighted by atomic mass is 16.5. The molecule has 2 aromatic carbocycles. The van der Waals surface area contributed by atoms with Gasteiger partial charge in [-0.3, -0.25) is 0 Å². The minimum Gasteiger partial charge on any atom is -0.480 e. The van der Waals surface area contributed by atoms with Crippen LogP contribution in [0.15, 0.2) is 48.5 Å². The number of carbonyl (C=O) groups excluding carboxylic acids is 1. The van der Waals surface area contributed by atoms with Crippen LogP contribution >= 0.6 is 0 Å². The summed E-state index contributed by atoms with van der Waals surface area (Å²) in [6.45, 7) is 0.827. The van der Waals surface area contributed by atoms with Crippen molar-refractivity contribution in [2.45, 2.75) is 18.8 Å². The number of aliphatic carboxylic acids is 1. The molecule has 0 atom stereocenters. The third-order valence-corrected chi connectivity index (χ3v) is 4.55. The fraction of sp³-hybridized carbons (Fsp3) is 0.333. The Morgan fingerprint density at radius 2 is 1.59 bits per heavy atom. The highest BCUT2D eigenvalue weighted by Gasteiger charge is 2.28. The number of nitrogens with one attached hydrogen (secondary N) is 1. The van der Waals surface area contributed by atoms with Crippen molar-refractivity contribution < 1.29 is 24.2 Å². The van der Waals surface area contributed by atoms with E-state index >= 15 is 0 Å². The van der Waals surface area contributed by atoms with Crippen molar-refractivity contribution in [1.82, 2.24) is 5.32 Å². The topological polar surface area (TPSA) is 84.9 Å². The second-order valence-electron chi connectivity index (χ2n) is 6.41. The lowest BCUT2D eigenvalue weighted by atomic mass is 9.98. The van der Waals surface area contributed by atoms with Crippen LogP contribution in [-0.2, 0) is 14.3 Å². The normalized spacial score (nSPS) is 12.3. The molecule has 0 aromatic heterocycles. The number of amides is 1. The number of carbonyl (C=O) groups is 2. The number of benzene rings is 2. The summed E-state index contributed by atoms with van der Waals surface area (Å²) in [5.41, 5.74) is 4.76. The molecule has 0 unspecified atom stereocenters. The molecule has 1 aliphatic carbocycles. The molecule has 0 spiro atoms. The average molecular weight is 369 g/mol. The molecule has 3 rings (SSSR count). The summed E-state index contributed by atoms with van der Waals surface area (Å²) in [4.78, 5) is 22.3. The Balaban J connectivity index is 1.44. The minimum atomic E-state index is -0.980. The van der Waals surface area contributed by atoms with E-state index in [1.165, 1.54) is 22.3 Å². The van der Waals surface area contributed by atoms with E-state index in [0.717, 1.165) is 0 Å². The Bertz CT molecular complexity index is 759. The molecule has 27 heavy (non-hydrogen) atoms. The number of carboxylic acids is 1. The molecule has 0 heterocycles. The molecule has 0 fully saturated rings. The molecule has 0 saturated heterocycles. The molecule has 6 heteroatoms. The number of hydrogen-bond acceptors (Lipinski definition) is 4. The summed E-state index contributed by atoms with van der Waals surface area (Å²) in [5.74, 6) is -0.931. The number of rotatable bonds is 9. The first-order valence-electron chi connectivity index (χ1n) is 9.05. The lowest BCUT2D eigenvalue weighted by molar-refractivity contribution is -0.142. The van der Waals surface area contributed by atoms with Gasteiger partial charge in [0.2, 0.25) is 0 Å². The summed E-state index contributed by atoms with van der Waals surface area (Å²) < 4.78 is 10.4. The third kappa shape index (κ3) is 4.86. The molecular weight excluding hydrogens is 346 g/mol. The van der Waals surface area contributed by atoms with Crippen LogP contribution in [0, 0.1) is 0 Å². The Kier molecular flexibility index (Phi) is 6.44. The number of carboxylic acid groups (broad SMARTS) is 1. The minimum absolute atomic E-state index is 0.0487. The van der Waals surface area contributed by atoms with Gasteiger partial charge in [-0.15, -0.1) is 0 Å². The monoisotopic (exact) mass is 369 g/mol. The summed E-state index contributed by atoms with van der Waals surface area (Å²) in [5, 5.41) is 11.2. The summed E-state index contributed by atoms with van der Waals surface area (Å²) in [6.07, 6.45) is 0.934. The van der Waals surface area contributed by atoms with Gasteiger partial charge in [0.1, 0.15) is 13.2 Å². The van der Waals surface area contributed by atoms with Crippen molar-refractivity contribution in [3.8, 4) is 11.1 Å². The Morgan fingerprint density at radius 1 is 0.963 bits per heavy atom. The van der Waals surface area contributed by atoms with Crippen LogP contribution in [-0.4, -0.2) is 43.5 Å². The van der Waals surface area contributed by atoms with Gasteiger partial charge in [-0.25, -0.2) is 9.59 Å². The Labute approximate surface area is 158 Å². The maximum Gasteiger partial charge on any atom is 0.407 e. The third-order valence-electron chi connectivity index (χ3n) is 4.55. The molecular formula is C21H23NO5. The van der Waals surface area contributed by atoms with Crippen LogP contribution < -0.4 is 5.32 Å². The zero-order valence-corrected chi connectivity index (χ0v) is 15.0. The maximum atomic E-state index is 12.0. The number of alkyl carbamates (subject to hydrolysis) is 1. The second-order valence-corrected chi connectivity index (χ2v) is 6.41. The molecule has 0 radical (unpaired) electrons. The van der Waals surface area contributed by atoms with Gasteiger partial charge in [0, 0.05) is 19.1 Å². The van der Waals surface area contributed by atoms with Crippen LogP contribution in [0.25, 0.3) is 11.1 Å². The molecule has 0 bridgehead atoms. The molecule has 142 valence electrons. The van der Waals surface area contributed by atoms with Gasteiger partial charge in [-0.1, -0.05) is 48.5 Å².